The van der Waals surface area contributed by atoms with Gasteiger partial charge in [0.05, 0.1) is 11.4 Å². The highest BCUT2D eigenvalue weighted by Crippen LogP contribution is 2.25. The highest BCUT2D eigenvalue weighted by Gasteiger charge is 2.19. The van der Waals surface area contributed by atoms with Crippen LogP contribution in [-0.4, -0.2) is 36.9 Å². The zero-order valence-corrected chi connectivity index (χ0v) is 15.1. The summed E-state index contributed by atoms with van der Waals surface area (Å²) in [6.45, 7) is 5.86. The summed E-state index contributed by atoms with van der Waals surface area (Å²) in [6, 6.07) is 7.86. The molecule has 0 fully saturated rings. The molecular formula is C15H16N6OS2. The first-order valence-electron chi connectivity index (χ1n) is 7.35. The predicted molar refractivity (Wildman–Crippen MR) is 95.1 cm³/mol. The van der Waals surface area contributed by atoms with Crippen LogP contribution in [0.15, 0.2) is 28.6 Å². The number of carbonyl (C=O) groups is 1. The number of amides is 1. The lowest BCUT2D eigenvalue weighted by atomic mass is 10.2. The molecule has 7 nitrogen and oxygen atoms in total. The van der Waals surface area contributed by atoms with Gasteiger partial charge in [-0.05, 0) is 37.3 Å². The maximum Gasteiger partial charge on any atom is 0.279 e. The minimum Gasteiger partial charge on any atom is -0.295 e. The van der Waals surface area contributed by atoms with Crippen LogP contribution in [0.3, 0.4) is 0 Å². The Kier molecular flexibility index (Phi) is 4.91. The number of hydrogen-bond donors (Lipinski definition) is 1. The SMILES string of the molecule is CCSc1nnc(NC(=O)c2nnn(-c3cccc(C)c3)c2C)s1. The first-order valence-corrected chi connectivity index (χ1v) is 9.15. The average Bonchev–Trinajstić information content (AvgIpc) is 3.14. The number of anilines is 1. The van der Waals surface area contributed by atoms with Gasteiger partial charge in [-0.2, -0.15) is 0 Å². The van der Waals surface area contributed by atoms with Crippen molar-refractivity contribution in [3.63, 3.8) is 0 Å². The van der Waals surface area contributed by atoms with Gasteiger partial charge < -0.3 is 0 Å². The second kappa shape index (κ2) is 7.10. The highest BCUT2D eigenvalue weighted by molar-refractivity contribution is 8.01. The fraction of sp³-hybridized carbons (Fsp3) is 0.267. The number of aryl methyl sites for hydroxylation is 1. The Morgan fingerprint density at radius 2 is 2.12 bits per heavy atom. The lowest BCUT2D eigenvalue weighted by molar-refractivity contribution is 0.102. The molecular weight excluding hydrogens is 344 g/mol. The van der Waals surface area contributed by atoms with Crippen LogP contribution in [0.1, 0.15) is 28.7 Å². The topological polar surface area (TPSA) is 85.6 Å². The summed E-state index contributed by atoms with van der Waals surface area (Å²) in [5, 5.41) is 19.3. The number of nitrogens with zero attached hydrogens (tertiary/aromatic N) is 5. The number of rotatable bonds is 5. The highest BCUT2D eigenvalue weighted by atomic mass is 32.2. The lowest BCUT2D eigenvalue weighted by Crippen LogP contribution is -2.14. The van der Waals surface area contributed by atoms with E-state index in [9.17, 15) is 4.79 Å². The third kappa shape index (κ3) is 3.46. The number of benzene rings is 1. The van der Waals surface area contributed by atoms with Crippen molar-refractivity contribution in [3.05, 3.63) is 41.2 Å². The molecule has 0 aliphatic heterocycles. The van der Waals surface area contributed by atoms with Gasteiger partial charge in [-0.25, -0.2) is 4.68 Å². The quantitative estimate of drug-likeness (QED) is 0.556. The van der Waals surface area contributed by atoms with E-state index >= 15 is 0 Å². The van der Waals surface area contributed by atoms with Crippen molar-refractivity contribution in [1.82, 2.24) is 25.2 Å². The number of aromatic nitrogens is 5. The molecule has 124 valence electrons. The van der Waals surface area contributed by atoms with Gasteiger partial charge in [-0.3, -0.25) is 10.1 Å². The molecule has 9 heteroatoms. The van der Waals surface area contributed by atoms with Gasteiger partial charge in [-0.1, -0.05) is 47.4 Å². The molecule has 0 spiro atoms. The molecule has 3 aromatic rings. The molecule has 0 saturated heterocycles. The van der Waals surface area contributed by atoms with Crippen molar-refractivity contribution < 1.29 is 4.79 Å². The van der Waals surface area contributed by atoms with Crippen LogP contribution in [0.25, 0.3) is 5.69 Å². The van der Waals surface area contributed by atoms with E-state index < -0.39 is 0 Å². The van der Waals surface area contributed by atoms with Gasteiger partial charge in [0.25, 0.3) is 5.91 Å². The van der Waals surface area contributed by atoms with Crippen molar-refractivity contribution in [2.75, 3.05) is 11.1 Å². The minimum atomic E-state index is -0.337. The van der Waals surface area contributed by atoms with Crippen LogP contribution in [0.4, 0.5) is 5.13 Å². The Morgan fingerprint density at radius 3 is 2.88 bits per heavy atom. The summed E-state index contributed by atoms with van der Waals surface area (Å²) in [5.41, 5.74) is 2.93. The van der Waals surface area contributed by atoms with Crippen molar-refractivity contribution in [3.8, 4) is 5.69 Å². The van der Waals surface area contributed by atoms with Crippen LogP contribution in [0.2, 0.25) is 0 Å². The van der Waals surface area contributed by atoms with Crippen LogP contribution in [0, 0.1) is 13.8 Å². The van der Waals surface area contributed by atoms with Crippen molar-refractivity contribution >= 4 is 34.1 Å². The molecule has 0 radical (unpaired) electrons. The molecule has 3 rings (SSSR count). The first-order chi connectivity index (χ1) is 11.6. The second-order valence-corrected chi connectivity index (χ2v) is 7.52. The van der Waals surface area contributed by atoms with Gasteiger partial charge >= 0.3 is 0 Å². The largest absolute Gasteiger partial charge is 0.295 e. The second-order valence-electron chi connectivity index (χ2n) is 5.03. The molecule has 0 saturated carbocycles. The molecule has 0 aliphatic carbocycles. The van der Waals surface area contributed by atoms with Crippen LogP contribution in [-0.2, 0) is 0 Å². The zero-order chi connectivity index (χ0) is 17.1. The third-order valence-electron chi connectivity index (χ3n) is 3.25. The monoisotopic (exact) mass is 360 g/mol. The molecule has 1 amide bonds. The van der Waals surface area contributed by atoms with Crippen LogP contribution < -0.4 is 5.32 Å². The number of thioether (sulfide) groups is 1. The maximum atomic E-state index is 12.4. The minimum absolute atomic E-state index is 0.274. The fourth-order valence-corrected chi connectivity index (χ4v) is 3.79. The predicted octanol–water partition coefficient (Wildman–Crippen LogP) is 3.10. The summed E-state index contributed by atoms with van der Waals surface area (Å²) in [7, 11) is 0. The van der Waals surface area contributed by atoms with Crippen molar-refractivity contribution in [2.24, 2.45) is 0 Å². The molecule has 0 unspecified atom stereocenters. The fourth-order valence-electron chi connectivity index (χ4n) is 2.14. The number of carbonyl (C=O) groups excluding carboxylic acids is 1. The van der Waals surface area contributed by atoms with Crippen LogP contribution in [0.5, 0.6) is 0 Å². The van der Waals surface area contributed by atoms with Gasteiger partial charge in [0.1, 0.15) is 0 Å². The molecule has 24 heavy (non-hydrogen) atoms. The molecule has 0 aliphatic rings. The average molecular weight is 360 g/mol. The molecule has 2 heterocycles. The summed E-state index contributed by atoms with van der Waals surface area (Å²) in [6.07, 6.45) is 0. The molecule has 1 aromatic carbocycles. The zero-order valence-electron chi connectivity index (χ0n) is 13.5. The molecule has 1 N–H and O–H groups in total. The Hall–Kier alpha value is -2.26. The van der Waals surface area contributed by atoms with Gasteiger partial charge in [0.15, 0.2) is 10.0 Å². The summed E-state index contributed by atoms with van der Waals surface area (Å²) in [4.78, 5) is 12.4. The third-order valence-corrected chi connectivity index (χ3v) is 5.10. The standard InChI is InChI=1S/C15H16N6OS2/c1-4-23-15-19-18-14(24-15)16-13(22)12-10(3)21(20-17-12)11-7-5-6-9(2)8-11/h5-8H,4H2,1-3H3,(H,16,18,22). The smallest absolute Gasteiger partial charge is 0.279 e. The number of hydrogen-bond acceptors (Lipinski definition) is 7. The maximum absolute atomic E-state index is 12.4. The van der Waals surface area contributed by atoms with E-state index in [4.69, 9.17) is 0 Å². The van der Waals surface area contributed by atoms with E-state index in [0.717, 1.165) is 21.3 Å². The summed E-state index contributed by atoms with van der Waals surface area (Å²) >= 11 is 2.93. The summed E-state index contributed by atoms with van der Waals surface area (Å²) < 4.78 is 2.48. The molecule has 0 bridgehead atoms. The van der Waals surface area contributed by atoms with E-state index in [1.165, 1.54) is 11.3 Å². The van der Waals surface area contributed by atoms with Crippen molar-refractivity contribution in [2.45, 2.75) is 25.1 Å². The first kappa shape index (κ1) is 16.6. The van der Waals surface area contributed by atoms with Crippen molar-refractivity contribution in [1.29, 1.82) is 0 Å². The number of nitrogens with one attached hydrogen (secondary N) is 1. The Morgan fingerprint density at radius 1 is 1.29 bits per heavy atom. The van der Waals surface area contributed by atoms with E-state index in [1.807, 2.05) is 45.0 Å². The molecule has 2 aromatic heterocycles. The van der Waals surface area contributed by atoms with Gasteiger partial charge in [0, 0.05) is 0 Å². The van der Waals surface area contributed by atoms with E-state index in [-0.39, 0.29) is 11.6 Å². The van der Waals surface area contributed by atoms with Crippen LogP contribution >= 0.6 is 23.1 Å². The Labute approximate surface area is 147 Å². The van der Waals surface area contributed by atoms with E-state index in [0.29, 0.717) is 10.8 Å². The van der Waals surface area contributed by atoms with Gasteiger partial charge in [-0.15, -0.1) is 15.3 Å². The molecule has 0 atom stereocenters. The lowest BCUT2D eigenvalue weighted by Gasteiger charge is -2.04. The summed E-state index contributed by atoms with van der Waals surface area (Å²) in [5.74, 6) is 0.572. The normalized spacial score (nSPS) is 10.8. The van der Waals surface area contributed by atoms with E-state index in [2.05, 4.69) is 25.8 Å². The Balaban J connectivity index is 1.80. The Bertz CT molecular complexity index is 872. The van der Waals surface area contributed by atoms with Gasteiger partial charge in [0.2, 0.25) is 5.13 Å². The van der Waals surface area contributed by atoms with E-state index in [1.54, 1.807) is 16.4 Å².